The quantitative estimate of drug-likeness (QED) is 0.413. The minimum absolute atomic E-state index is 0.0119. The first-order valence-electron chi connectivity index (χ1n) is 13.5. The number of likely N-dealkylation sites (tertiary alicyclic amines) is 1. The fraction of sp³-hybridized carbons (Fsp3) is 0.679. The molecule has 3 aliphatic rings. The normalized spacial score (nSPS) is 30.4. The number of nitrogens with zero attached hydrogens (tertiary/aromatic N) is 1. The lowest BCUT2D eigenvalue weighted by molar-refractivity contribution is -0.147. The van der Waals surface area contributed by atoms with E-state index in [2.05, 4.69) is 10.6 Å². The molecule has 37 heavy (non-hydrogen) atoms. The molecule has 0 radical (unpaired) electrons. The zero-order valence-electron chi connectivity index (χ0n) is 22.6. The van der Waals surface area contributed by atoms with Crippen molar-refractivity contribution in [2.24, 2.45) is 11.8 Å². The highest BCUT2D eigenvalue weighted by Gasteiger charge is 2.78. The summed E-state index contributed by atoms with van der Waals surface area (Å²) in [4.78, 5) is 43.1. The van der Waals surface area contributed by atoms with Gasteiger partial charge in [-0.3, -0.25) is 14.4 Å². The van der Waals surface area contributed by atoms with E-state index in [-0.39, 0.29) is 24.3 Å². The Morgan fingerprint density at radius 2 is 1.84 bits per heavy atom. The second-order valence-corrected chi connectivity index (χ2v) is 11.5. The summed E-state index contributed by atoms with van der Waals surface area (Å²) < 4.78 is 12.2. The zero-order valence-corrected chi connectivity index (χ0v) is 22.6. The molecule has 9 heteroatoms. The zero-order chi connectivity index (χ0) is 27.0. The summed E-state index contributed by atoms with van der Waals surface area (Å²) in [6.07, 6.45) is 2.81. The molecule has 2 unspecified atom stereocenters. The van der Waals surface area contributed by atoms with E-state index in [1.165, 1.54) is 0 Å². The predicted molar refractivity (Wildman–Crippen MR) is 139 cm³/mol. The topological polar surface area (TPSA) is 117 Å². The third-order valence-corrected chi connectivity index (χ3v) is 7.95. The lowest BCUT2D eigenvalue weighted by atomic mass is 9.65. The summed E-state index contributed by atoms with van der Waals surface area (Å²) in [5.41, 5.74) is -1.73. The molecule has 3 aliphatic heterocycles. The third kappa shape index (κ3) is 4.83. The number of carbonyl (C=O) groups excluding carboxylic acids is 3. The summed E-state index contributed by atoms with van der Waals surface area (Å²) in [6.45, 7) is 10.5. The highest BCUT2D eigenvalue weighted by Crippen LogP contribution is 2.64. The standard InChI is InChI=1S/C28H41N3O6/c1-6-27-14-15-28(37-27)21(20(27)23(33)29-18-10-12-19(13-11-18)36-7-2)25(35)31(16-8-9-17-32)22(28)24(34)30-26(3,4)5/h10-13,20-22,32H,6-9,14-17H2,1-5H3,(H,29,33)(H,30,34)/t20-,21+,22?,27+,28?/m1/s1. The molecule has 204 valence electrons. The molecule has 0 saturated carbocycles. The van der Waals surface area contributed by atoms with Gasteiger partial charge >= 0.3 is 0 Å². The maximum atomic E-state index is 14.0. The number of ether oxygens (including phenoxy) is 2. The van der Waals surface area contributed by atoms with Crippen molar-refractivity contribution in [3.05, 3.63) is 24.3 Å². The smallest absolute Gasteiger partial charge is 0.246 e. The number of nitrogens with one attached hydrogen (secondary N) is 2. The Bertz CT molecular complexity index is 1020. The average molecular weight is 516 g/mol. The molecule has 1 aromatic carbocycles. The van der Waals surface area contributed by atoms with E-state index < -0.39 is 34.6 Å². The molecule has 3 amide bonds. The predicted octanol–water partition coefficient (Wildman–Crippen LogP) is 2.87. The monoisotopic (exact) mass is 515 g/mol. The number of carbonyl (C=O) groups is 3. The van der Waals surface area contributed by atoms with Crippen LogP contribution >= 0.6 is 0 Å². The molecule has 3 N–H and O–H groups in total. The van der Waals surface area contributed by atoms with Crippen LogP contribution in [0.2, 0.25) is 0 Å². The second-order valence-electron chi connectivity index (χ2n) is 11.5. The molecule has 2 bridgehead atoms. The van der Waals surface area contributed by atoms with Crippen LogP contribution in [0, 0.1) is 11.8 Å². The molecular formula is C28H41N3O6. The highest BCUT2D eigenvalue weighted by atomic mass is 16.5. The highest BCUT2D eigenvalue weighted by molar-refractivity contribution is 6.02. The lowest BCUT2D eigenvalue weighted by Crippen LogP contribution is -2.58. The van der Waals surface area contributed by atoms with Gasteiger partial charge in [0.1, 0.15) is 17.4 Å². The summed E-state index contributed by atoms with van der Waals surface area (Å²) in [7, 11) is 0. The first-order chi connectivity index (χ1) is 17.5. The van der Waals surface area contributed by atoms with Crippen LogP contribution in [0.1, 0.15) is 66.7 Å². The Morgan fingerprint density at radius 3 is 2.43 bits per heavy atom. The largest absolute Gasteiger partial charge is 0.494 e. The Balaban J connectivity index is 1.67. The van der Waals surface area contributed by atoms with Crippen LogP contribution in [-0.2, 0) is 19.1 Å². The first-order valence-corrected chi connectivity index (χ1v) is 13.5. The van der Waals surface area contributed by atoms with Crippen LogP contribution in [0.15, 0.2) is 24.3 Å². The Labute approximate surface area is 219 Å². The number of aliphatic hydroxyl groups excluding tert-OH is 1. The summed E-state index contributed by atoms with van der Waals surface area (Å²) in [5, 5.41) is 15.3. The molecule has 3 saturated heterocycles. The Hall–Kier alpha value is -2.65. The van der Waals surface area contributed by atoms with E-state index in [4.69, 9.17) is 9.47 Å². The van der Waals surface area contributed by atoms with E-state index >= 15 is 0 Å². The van der Waals surface area contributed by atoms with Crippen LogP contribution < -0.4 is 15.4 Å². The van der Waals surface area contributed by atoms with Gasteiger partial charge in [-0.1, -0.05) is 6.92 Å². The summed E-state index contributed by atoms with van der Waals surface area (Å²) in [6, 6.07) is 6.33. The van der Waals surface area contributed by atoms with Crippen molar-refractivity contribution in [3.8, 4) is 5.75 Å². The molecule has 3 heterocycles. The number of benzene rings is 1. The van der Waals surface area contributed by atoms with Gasteiger partial charge in [-0.15, -0.1) is 0 Å². The summed E-state index contributed by atoms with van der Waals surface area (Å²) in [5.74, 6) is -1.48. The number of amides is 3. The number of hydrogen-bond donors (Lipinski definition) is 3. The van der Waals surface area contributed by atoms with Gasteiger partial charge in [0.15, 0.2) is 0 Å². The van der Waals surface area contributed by atoms with Crippen molar-refractivity contribution in [1.29, 1.82) is 0 Å². The van der Waals surface area contributed by atoms with Crippen molar-refractivity contribution in [2.75, 3.05) is 25.1 Å². The van der Waals surface area contributed by atoms with E-state index in [9.17, 15) is 19.5 Å². The second kappa shape index (κ2) is 10.3. The van der Waals surface area contributed by atoms with E-state index in [0.717, 1.165) is 0 Å². The van der Waals surface area contributed by atoms with E-state index in [1.54, 1.807) is 29.2 Å². The average Bonchev–Trinajstić information content (AvgIpc) is 3.43. The SMILES string of the molecule is CCOc1ccc(NC(=O)[C@H]2[C@H]3C(=O)N(CCCCO)C(C(=O)NC(C)(C)C)C34CC[C@]2(CC)O4)cc1. The molecule has 4 rings (SSSR count). The van der Waals surface area contributed by atoms with Gasteiger partial charge in [-0.2, -0.15) is 0 Å². The number of hydrogen-bond acceptors (Lipinski definition) is 6. The minimum Gasteiger partial charge on any atom is -0.494 e. The number of aliphatic hydroxyl groups is 1. The maximum absolute atomic E-state index is 14.0. The molecule has 1 spiro atoms. The molecule has 0 aliphatic carbocycles. The van der Waals surface area contributed by atoms with Crippen LogP contribution in [-0.4, -0.2) is 70.3 Å². The fourth-order valence-electron chi connectivity index (χ4n) is 6.51. The molecule has 3 fully saturated rings. The van der Waals surface area contributed by atoms with Crippen LogP contribution in [0.25, 0.3) is 0 Å². The van der Waals surface area contributed by atoms with Crippen LogP contribution in [0.4, 0.5) is 5.69 Å². The Morgan fingerprint density at radius 1 is 1.14 bits per heavy atom. The number of rotatable bonds is 10. The number of fused-ring (bicyclic) bond motifs is 1. The van der Waals surface area contributed by atoms with Gasteiger partial charge in [0.25, 0.3) is 0 Å². The van der Waals surface area contributed by atoms with E-state index in [0.29, 0.717) is 56.7 Å². The van der Waals surface area contributed by atoms with Gasteiger partial charge in [0.05, 0.1) is 24.0 Å². The van der Waals surface area contributed by atoms with Crippen molar-refractivity contribution < 1.29 is 29.0 Å². The molecule has 5 atom stereocenters. The molecule has 0 aromatic heterocycles. The summed E-state index contributed by atoms with van der Waals surface area (Å²) >= 11 is 0. The lowest BCUT2D eigenvalue weighted by Gasteiger charge is -2.35. The van der Waals surface area contributed by atoms with Gasteiger partial charge in [0.2, 0.25) is 17.7 Å². The van der Waals surface area contributed by atoms with Gasteiger partial charge < -0.3 is 30.1 Å². The van der Waals surface area contributed by atoms with Crippen LogP contribution in [0.5, 0.6) is 5.75 Å². The van der Waals surface area contributed by atoms with Crippen molar-refractivity contribution in [2.45, 2.75) is 89.5 Å². The first kappa shape index (κ1) is 27.4. The fourth-order valence-corrected chi connectivity index (χ4v) is 6.51. The molecule has 9 nitrogen and oxygen atoms in total. The number of unbranched alkanes of at least 4 members (excludes halogenated alkanes) is 1. The van der Waals surface area contributed by atoms with Crippen molar-refractivity contribution >= 4 is 23.4 Å². The van der Waals surface area contributed by atoms with Crippen molar-refractivity contribution in [3.63, 3.8) is 0 Å². The molecular weight excluding hydrogens is 474 g/mol. The Kier molecular flexibility index (Phi) is 7.59. The van der Waals surface area contributed by atoms with Crippen molar-refractivity contribution in [1.82, 2.24) is 10.2 Å². The van der Waals surface area contributed by atoms with Gasteiger partial charge in [0, 0.05) is 24.4 Å². The minimum atomic E-state index is -1.05. The third-order valence-electron chi connectivity index (χ3n) is 7.95. The van der Waals surface area contributed by atoms with Gasteiger partial charge in [-0.05, 0) is 84.1 Å². The van der Waals surface area contributed by atoms with Crippen LogP contribution in [0.3, 0.4) is 0 Å². The van der Waals surface area contributed by atoms with Gasteiger partial charge in [-0.25, -0.2) is 0 Å². The molecule has 1 aromatic rings. The number of anilines is 1. The maximum Gasteiger partial charge on any atom is 0.246 e. The van der Waals surface area contributed by atoms with E-state index in [1.807, 2.05) is 34.6 Å².